The minimum absolute atomic E-state index is 0.0895. The molecule has 0 saturated carbocycles. The first-order valence-corrected chi connectivity index (χ1v) is 5.37. The Bertz CT molecular complexity index is 465. The molecule has 0 amide bonds. The maximum atomic E-state index is 11.7. The molecule has 77 valence electrons. The SMILES string of the molecule is CCCCc1cc([O])c2ccccc2n1. The molecule has 0 aliphatic rings. The Morgan fingerprint density at radius 1 is 1.27 bits per heavy atom. The fourth-order valence-electron chi connectivity index (χ4n) is 1.68. The van der Waals surface area contributed by atoms with Crippen molar-refractivity contribution >= 4 is 10.9 Å². The quantitative estimate of drug-likeness (QED) is 0.743. The zero-order chi connectivity index (χ0) is 10.7. The van der Waals surface area contributed by atoms with Crippen LogP contribution in [0, 0.1) is 0 Å². The monoisotopic (exact) mass is 200 g/mol. The van der Waals surface area contributed by atoms with Crippen LogP contribution in [0.1, 0.15) is 25.5 Å². The summed E-state index contributed by atoms with van der Waals surface area (Å²) in [5.74, 6) is 0.0895. The van der Waals surface area contributed by atoms with Crippen molar-refractivity contribution < 1.29 is 5.11 Å². The molecule has 0 aliphatic carbocycles. The van der Waals surface area contributed by atoms with Gasteiger partial charge in [-0.25, -0.2) is 0 Å². The van der Waals surface area contributed by atoms with Gasteiger partial charge in [-0.1, -0.05) is 25.5 Å². The van der Waals surface area contributed by atoms with Crippen LogP contribution in [0.2, 0.25) is 0 Å². The Labute approximate surface area is 89.6 Å². The van der Waals surface area contributed by atoms with E-state index in [0.717, 1.165) is 35.9 Å². The molecular weight excluding hydrogens is 186 g/mol. The highest BCUT2D eigenvalue weighted by Gasteiger charge is 2.04. The van der Waals surface area contributed by atoms with E-state index in [4.69, 9.17) is 0 Å². The van der Waals surface area contributed by atoms with Crippen molar-refractivity contribution in [3.63, 3.8) is 0 Å². The number of aromatic nitrogens is 1. The van der Waals surface area contributed by atoms with Crippen LogP contribution in [0.4, 0.5) is 0 Å². The van der Waals surface area contributed by atoms with Crippen molar-refractivity contribution in [3.05, 3.63) is 36.0 Å². The second-order valence-electron chi connectivity index (χ2n) is 3.73. The molecule has 0 spiro atoms. The number of para-hydroxylation sites is 1. The first-order chi connectivity index (χ1) is 7.31. The number of benzene rings is 1. The van der Waals surface area contributed by atoms with Crippen LogP contribution in [-0.2, 0) is 11.5 Å². The van der Waals surface area contributed by atoms with Crippen LogP contribution in [0.5, 0.6) is 5.75 Å². The maximum Gasteiger partial charge on any atom is 0.189 e. The molecule has 2 aromatic rings. The lowest BCUT2D eigenvalue weighted by Crippen LogP contribution is -1.90. The summed E-state index contributed by atoms with van der Waals surface area (Å²) in [4.78, 5) is 4.47. The van der Waals surface area contributed by atoms with Crippen molar-refractivity contribution in [1.82, 2.24) is 4.98 Å². The summed E-state index contributed by atoms with van der Waals surface area (Å²) in [6, 6.07) is 9.17. The highest BCUT2D eigenvalue weighted by molar-refractivity contribution is 5.84. The summed E-state index contributed by atoms with van der Waals surface area (Å²) in [5, 5.41) is 12.4. The molecular formula is C13H14NO. The largest absolute Gasteiger partial charge is 0.289 e. The fourth-order valence-corrected chi connectivity index (χ4v) is 1.68. The third kappa shape index (κ3) is 2.09. The van der Waals surface area contributed by atoms with Gasteiger partial charge in [-0.15, -0.1) is 0 Å². The number of unbranched alkanes of at least 4 members (excludes halogenated alkanes) is 1. The molecule has 2 nitrogen and oxygen atoms in total. The second kappa shape index (κ2) is 4.30. The van der Waals surface area contributed by atoms with Crippen molar-refractivity contribution in [2.45, 2.75) is 26.2 Å². The minimum Gasteiger partial charge on any atom is -0.289 e. The molecule has 2 heteroatoms. The topological polar surface area (TPSA) is 32.8 Å². The summed E-state index contributed by atoms with van der Waals surface area (Å²) in [5.41, 5.74) is 1.73. The number of hydrogen-bond acceptors (Lipinski definition) is 1. The Kier molecular flexibility index (Phi) is 2.86. The predicted molar refractivity (Wildman–Crippen MR) is 60.5 cm³/mol. The summed E-state index contributed by atoms with van der Waals surface area (Å²) in [7, 11) is 0. The number of fused-ring (bicyclic) bond motifs is 1. The van der Waals surface area contributed by atoms with Gasteiger partial charge in [-0.05, 0) is 25.0 Å². The Morgan fingerprint density at radius 3 is 2.87 bits per heavy atom. The lowest BCUT2D eigenvalue weighted by atomic mass is 10.1. The smallest absolute Gasteiger partial charge is 0.189 e. The maximum absolute atomic E-state index is 11.7. The standard InChI is InChI=1S/C13H14NO/c1-2-3-6-10-9-13(15)11-7-4-5-8-12(11)14-10/h4-5,7-9H,2-3,6H2,1H3. The number of rotatable bonds is 3. The number of pyridine rings is 1. The van der Waals surface area contributed by atoms with Gasteiger partial charge in [-0.2, -0.15) is 0 Å². The van der Waals surface area contributed by atoms with Gasteiger partial charge >= 0.3 is 0 Å². The van der Waals surface area contributed by atoms with Gasteiger partial charge in [0, 0.05) is 17.1 Å². The molecule has 0 saturated heterocycles. The van der Waals surface area contributed by atoms with Gasteiger partial charge in [0.15, 0.2) is 5.75 Å². The summed E-state index contributed by atoms with van der Waals surface area (Å²) >= 11 is 0. The highest BCUT2D eigenvalue weighted by Crippen LogP contribution is 2.24. The van der Waals surface area contributed by atoms with Gasteiger partial charge in [0.05, 0.1) is 5.52 Å². The molecule has 0 bridgehead atoms. The lowest BCUT2D eigenvalue weighted by Gasteiger charge is -2.02. The molecule has 1 radical (unpaired) electrons. The predicted octanol–water partition coefficient (Wildman–Crippen LogP) is 3.72. The highest BCUT2D eigenvalue weighted by atomic mass is 16.3. The Morgan fingerprint density at radius 2 is 2.07 bits per heavy atom. The van der Waals surface area contributed by atoms with Crippen molar-refractivity contribution in [2.75, 3.05) is 0 Å². The van der Waals surface area contributed by atoms with Crippen LogP contribution < -0.4 is 0 Å². The summed E-state index contributed by atoms with van der Waals surface area (Å²) < 4.78 is 0. The third-order valence-corrected chi connectivity index (χ3v) is 2.52. The molecule has 1 heterocycles. The normalized spacial score (nSPS) is 10.7. The van der Waals surface area contributed by atoms with E-state index in [9.17, 15) is 5.11 Å². The molecule has 0 aliphatic heterocycles. The average molecular weight is 200 g/mol. The minimum atomic E-state index is 0.0895. The molecule has 0 N–H and O–H groups in total. The van der Waals surface area contributed by atoms with E-state index in [1.54, 1.807) is 6.07 Å². The van der Waals surface area contributed by atoms with E-state index in [1.807, 2.05) is 24.3 Å². The first kappa shape index (κ1) is 9.97. The van der Waals surface area contributed by atoms with Gasteiger partial charge < -0.3 is 0 Å². The molecule has 1 aromatic heterocycles. The van der Waals surface area contributed by atoms with E-state index < -0.39 is 0 Å². The number of hydrogen-bond donors (Lipinski definition) is 0. The van der Waals surface area contributed by atoms with Gasteiger partial charge in [0.25, 0.3) is 0 Å². The van der Waals surface area contributed by atoms with Gasteiger partial charge in [0.2, 0.25) is 0 Å². The summed E-state index contributed by atoms with van der Waals surface area (Å²) in [6.07, 6.45) is 3.12. The Balaban J connectivity index is 2.43. The van der Waals surface area contributed by atoms with Crippen LogP contribution in [0.15, 0.2) is 30.3 Å². The van der Waals surface area contributed by atoms with Crippen LogP contribution in [0.25, 0.3) is 10.9 Å². The average Bonchev–Trinajstić information content (AvgIpc) is 2.26. The van der Waals surface area contributed by atoms with Crippen molar-refractivity contribution in [1.29, 1.82) is 0 Å². The first-order valence-electron chi connectivity index (χ1n) is 5.37. The molecule has 0 fully saturated rings. The Hall–Kier alpha value is -1.57. The zero-order valence-corrected chi connectivity index (χ0v) is 8.86. The van der Waals surface area contributed by atoms with E-state index in [0.29, 0.717) is 0 Å². The fraction of sp³-hybridized carbons (Fsp3) is 0.308. The molecule has 2 rings (SSSR count). The lowest BCUT2D eigenvalue weighted by molar-refractivity contribution is 0.359. The van der Waals surface area contributed by atoms with E-state index in [-0.39, 0.29) is 5.75 Å². The zero-order valence-electron chi connectivity index (χ0n) is 8.86. The third-order valence-electron chi connectivity index (χ3n) is 2.52. The van der Waals surface area contributed by atoms with Crippen molar-refractivity contribution in [3.8, 4) is 5.75 Å². The van der Waals surface area contributed by atoms with E-state index >= 15 is 0 Å². The van der Waals surface area contributed by atoms with Gasteiger partial charge in [-0.3, -0.25) is 10.1 Å². The number of nitrogens with zero attached hydrogens (tertiary/aromatic N) is 1. The van der Waals surface area contributed by atoms with Crippen LogP contribution >= 0.6 is 0 Å². The van der Waals surface area contributed by atoms with Crippen molar-refractivity contribution in [2.24, 2.45) is 0 Å². The molecule has 1 aromatic carbocycles. The summed E-state index contributed by atoms with van der Waals surface area (Å²) in [6.45, 7) is 2.14. The van der Waals surface area contributed by atoms with Gasteiger partial charge in [0.1, 0.15) is 0 Å². The van der Waals surface area contributed by atoms with Crippen LogP contribution in [0.3, 0.4) is 0 Å². The second-order valence-corrected chi connectivity index (χ2v) is 3.73. The molecule has 0 unspecified atom stereocenters. The molecule has 15 heavy (non-hydrogen) atoms. The molecule has 0 atom stereocenters. The number of aryl methyl sites for hydroxylation is 1. The van der Waals surface area contributed by atoms with Crippen LogP contribution in [-0.4, -0.2) is 4.98 Å². The van der Waals surface area contributed by atoms with E-state index in [2.05, 4.69) is 11.9 Å². The van der Waals surface area contributed by atoms with E-state index in [1.165, 1.54) is 0 Å².